The first-order valence-corrected chi connectivity index (χ1v) is 8.99. The lowest BCUT2D eigenvalue weighted by atomic mass is 10.1. The first-order valence-electron chi connectivity index (χ1n) is 8.18. The molecule has 26 heavy (non-hydrogen) atoms. The zero-order valence-electron chi connectivity index (χ0n) is 14.1. The molecule has 2 aromatic carbocycles. The highest BCUT2D eigenvalue weighted by molar-refractivity contribution is 7.16. The minimum Gasteiger partial charge on any atom is -0.506 e. The van der Waals surface area contributed by atoms with Crippen LogP contribution >= 0.6 is 11.3 Å². The minimum atomic E-state index is -0.326. The second kappa shape index (κ2) is 6.61. The molecule has 0 fully saturated rings. The second-order valence-corrected chi connectivity index (χ2v) is 7.04. The number of thiophene rings is 1. The zero-order chi connectivity index (χ0) is 18.1. The summed E-state index contributed by atoms with van der Waals surface area (Å²) >= 11 is 1.49. The van der Waals surface area contributed by atoms with Crippen LogP contribution < -0.4 is 5.56 Å². The molecule has 2 aromatic heterocycles. The molecule has 2 heterocycles. The van der Waals surface area contributed by atoms with Crippen LogP contribution in [-0.4, -0.2) is 15.1 Å². The SMILES string of the molecule is Cc1cc(-c2ccccc2)sc1/C(O)=C/c1nc2ccccc2[nH]c1=O. The van der Waals surface area contributed by atoms with Gasteiger partial charge in [0.25, 0.3) is 5.56 Å². The van der Waals surface area contributed by atoms with Gasteiger partial charge in [0.15, 0.2) is 0 Å². The number of benzene rings is 2. The molecule has 0 amide bonds. The largest absolute Gasteiger partial charge is 0.506 e. The number of rotatable bonds is 3. The smallest absolute Gasteiger partial charge is 0.274 e. The summed E-state index contributed by atoms with van der Waals surface area (Å²) in [5.41, 5.74) is 3.27. The van der Waals surface area contributed by atoms with Gasteiger partial charge in [-0.1, -0.05) is 42.5 Å². The minimum absolute atomic E-state index is 0.0444. The van der Waals surface area contributed by atoms with E-state index < -0.39 is 0 Å². The first-order chi connectivity index (χ1) is 12.6. The summed E-state index contributed by atoms with van der Waals surface area (Å²) < 4.78 is 0. The predicted molar refractivity (Wildman–Crippen MR) is 107 cm³/mol. The standard InChI is InChI=1S/C21H16N2O2S/c1-13-11-19(14-7-3-2-4-8-14)26-20(13)18(24)12-17-21(25)23-16-10-6-5-9-15(16)22-17/h2-12,24H,1H3,(H,23,25)/b18-12-. The van der Waals surface area contributed by atoms with E-state index in [-0.39, 0.29) is 17.0 Å². The van der Waals surface area contributed by atoms with Crippen molar-refractivity contribution >= 4 is 34.2 Å². The Morgan fingerprint density at radius 1 is 1.12 bits per heavy atom. The molecule has 2 N–H and O–H groups in total. The fraction of sp³-hybridized carbons (Fsp3) is 0.0476. The van der Waals surface area contributed by atoms with E-state index >= 15 is 0 Å². The van der Waals surface area contributed by atoms with E-state index in [0.717, 1.165) is 20.9 Å². The van der Waals surface area contributed by atoms with E-state index in [0.29, 0.717) is 11.0 Å². The number of aromatic nitrogens is 2. The summed E-state index contributed by atoms with van der Waals surface area (Å²) in [5, 5.41) is 10.6. The van der Waals surface area contributed by atoms with Crippen molar-refractivity contribution in [2.24, 2.45) is 0 Å². The van der Waals surface area contributed by atoms with Crippen LogP contribution in [0, 0.1) is 6.92 Å². The molecule has 4 rings (SSSR count). The predicted octanol–water partition coefficient (Wildman–Crippen LogP) is 5.02. The maximum absolute atomic E-state index is 12.2. The van der Waals surface area contributed by atoms with E-state index in [1.807, 2.05) is 61.5 Å². The number of aliphatic hydroxyl groups is 1. The molecular weight excluding hydrogens is 344 g/mol. The number of H-pyrrole nitrogens is 1. The van der Waals surface area contributed by atoms with Gasteiger partial charge in [0, 0.05) is 11.0 Å². The van der Waals surface area contributed by atoms with Crippen LogP contribution in [0.4, 0.5) is 0 Å². The Morgan fingerprint density at radius 3 is 2.65 bits per heavy atom. The fourth-order valence-corrected chi connectivity index (χ4v) is 3.91. The second-order valence-electron chi connectivity index (χ2n) is 5.99. The Balaban J connectivity index is 1.76. The molecule has 0 radical (unpaired) electrons. The molecule has 4 aromatic rings. The van der Waals surface area contributed by atoms with Crippen LogP contribution in [0.15, 0.2) is 65.5 Å². The van der Waals surface area contributed by atoms with Crippen molar-refractivity contribution in [1.82, 2.24) is 9.97 Å². The third kappa shape index (κ3) is 3.05. The summed E-state index contributed by atoms with van der Waals surface area (Å²) in [6.07, 6.45) is 1.43. The molecule has 0 aliphatic carbocycles. The van der Waals surface area contributed by atoms with Crippen molar-refractivity contribution in [3.8, 4) is 10.4 Å². The van der Waals surface area contributed by atoms with Crippen molar-refractivity contribution in [3.05, 3.63) is 87.2 Å². The number of nitrogens with zero attached hydrogens (tertiary/aromatic N) is 1. The van der Waals surface area contributed by atoms with Crippen molar-refractivity contribution in [3.63, 3.8) is 0 Å². The zero-order valence-corrected chi connectivity index (χ0v) is 14.9. The quantitative estimate of drug-likeness (QED) is 0.504. The van der Waals surface area contributed by atoms with E-state index in [1.165, 1.54) is 17.4 Å². The number of hydrogen-bond donors (Lipinski definition) is 2. The first kappa shape index (κ1) is 16.3. The number of aryl methyl sites for hydroxylation is 1. The van der Waals surface area contributed by atoms with Crippen LogP contribution in [0.2, 0.25) is 0 Å². The Labute approximate surface area is 154 Å². The van der Waals surface area contributed by atoms with Crippen LogP contribution in [0.5, 0.6) is 0 Å². The van der Waals surface area contributed by atoms with Gasteiger partial charge in [-0.3, -0.25) is 4.79 Å². The van der Waals surface area contributed by atoms with Crippen molar-refractivity contribution < 1.29 is 5.11 Å². The van der Waals surface area contributed by atoms with Gasteiger partial charge in [-0.05, 0) is 36.2 Å². The molecule has 128 valence electrons. The van der Waals surface area contributed by atoms with Crippen LogP contribution in [0.3, 0.4) is 0 Å². The van der Waals surface area contributed by atoms with Gasteiger partial charge >= 0.3 is 0 Å². The van der Waals surface area contributed by atoms with E-state index in [4.69, 9.17) is 0 Å². The number of hydrogen-bond acceptors (Lipinski definition) is 4. The van der Waals surface area contributed by atoms with E-state index in [9.17, 15) is 9.90 Å². The highest BCUT2D eigenvalue weighted by Crippen LogP contribution is 2.34. The van der Waals surface area contributed by atoms with Gasteiger partial charge in [0.05, 0.1) is 15.9 Å². The lowest BCUT2D eigenvalue weighted by molar-refractivity contribution is 0.517. The Morgan fingerprint density at radius 2 is 1.85 bits per heavy atom. The molecule has 0 saturated carbocycles. The molecule has 0 bridgehead atoms. The highest BCUT2D eigenvalue weighted by Gasteiger charge is 2.12. The normalized spacial score (nSPS) is 11.8. The summed E-state index contributed by atoms with van der Waals surface area (Å²) in [6.45, 7) is 1.94. The van der Waals surface area contributed by atoms with Crippen molar-refractivity contribution in [2.45, 2.75) is 6.92 Å². The molecule has 0 spiro atoms. The molecule has 0 atom stereocenters. The number of aromatic amines is 1. The summed E-state index contributed by atoms with van der Waals surface area (Å²) in [7, 11) is 0. The maximum atomic E-state index is 12.2. The number of fused-ring (bicyclic) bond motifs is 1. The average molecular weight is 360 g/mol. The molecule has 0 saturated heterocycles. The molecule has 0 aliphatic heterocycles. The van der Waals surface area contributed by atoms with Gasteiger partial charge in [-0.2, -0.15) is 0 Å². The average Bonchev–Trinajstić information content (AvgIpc) is 3.05. The third-order valence-corrected chi connectivity index (χ3v) is 5.42. The molecule has 0 aliphatic rings. The Hall–Kier alpha value is -3.18. The van der Waals surface area contributed by atoms with Crippen molar-refractivity contribution in [2.75, 3.05) is 0 Å². The third-order valence-electron chi connectivity index (χ3n) is 4.11. The molecule has 0 unspecified atom stereocenters. The summed E-state index contributed by atoms with van der Waals surface area (Å²) in [6, 6.07) is 19.4. The Bertz CT molecular complexity index is 1170. The van der Waals surface area contributed by atoms with E-state index in [2.05, 4.69) is 9.97 Å². The van der Waals surface area contributed by atoms with Crippen LogP contribution in [-0.2, 0) is 0 Å². The van der Waals surface area contributed by atoms with Gasteiger partial charge in [0.1, 0.15) is 11.5 Å². The van der Waals surface area contributed by atoms with Gasteiger partial charge in [-0.25, -0.2) is 4.98 Å². The lowest BCUT2D eigenvalue weighted by Crippen LogP contribution is -2.11. The van der Waals surface area contributed by atoms with E-state index in [1.54, 1.807) is 6.07 Å². The van der Waals surface area contributed by atoms with Crippen LogP contribution in [0.25, 0.3) is 33.3 Å². The molecular formula is C21H16N2O2S. The Kier molecular flexibility index (Phi) is 4.14. The number of para-hydroxylation sites is 2. The summed E-state index contributed by atoms with van der Waals surface area (Å²) in [4.78, 5) is 21.2. The van der Waals surface area contributed by atoms with Gasteiger partial charge in [0.2, 0.25) is 0 Å². The van der Waals surface area contributed by atoms with Crippen molar-refractivity contribution in [1.29, 1.82) is 0 Å². The highest BCUT2D eigenvalue weighted by atomic mass is 32.1. The number of aliphatic hydroxyl groups excluding tert-OH is 1. The topological polar surface area (TPSA) is 66.0 Å². The maximum Gasteiger partial charge on any atom is 0.274 e. The summed E-state index contributed by atoms with van der Waals surface area (Å²) in [5.74, 6) is 0.0444. The number of nitrogens with one attached hydrogen (secondary N) is 1. The monoisotopic (exact) mass is 360 g/mol. The lowest BCUT2D eigenvalue weighted by Gasteiger charge is -2.01. The van der Waals surface area contributed by atoms with Gasteiger partial charge in [-0.15, -0.1) is 11.3 Å². The van der Waals surface area contributed by atoms with Crippen LogP contribution in [0.1, 0.15) is 16.1 Å². The van der Waals surface area contributed by atoms with Gasteiger partial charge < -0.3 is 10.1 Å². The molecule has 5 heteroatoms. The fourth-order valence-electron chi connectivity index (χ4n) is 2.82. The molecule has 4 nitrogen and oxygen atoms in total.